The first-order valence-electron chi connectivity index (χ1n) is 8.55. The highest BCUT2D eigenvalue weighted by Gasteiger charge is 2.32. The lowest BCUT2D eigenvalue weighted by molar-refractivity contribution is -0.143. The van der Waals surface area contributed by atoms with Crippen molar-refractivity contribution in [1.82, 2.24) is 4.90 Å². The predicted octanol–water partition coefficient (Wildman–Crippen LogP) is 4.56. The number of carbonyl (C=O) groups is 1. The van der Waals surface area contributed by atoms with Gasteiger partial charge in [0.05, 0.1) is 12.0 Å². The van der Waals surface area contributed by atoms with Crippen LogP contribution in [0.3, 0.4) is 0 Å². The number of thiophene rings is 1. The SMILES string of the molecule is Cc1cc(C)cc(C(c2ccc(C)s2)N2CCCC(C(=O)O)C2)c1. The molecule has 0 aliphatic carbocycles. The number of carboxylic acids is 1. The van der Waals surface area contributed by atoms with E-state index in [0.29, 0.717) is 6.54 Å². The molecule has 2 heterocycles. The van der Waals surface area contributed by atoms with Crippen molar-refractivity contribution < 1.29 is 9.90 Å². The second-order valence-electron chi connectivity index (χ2n) is 6.94. The molecule has 1 aromatic heterocycles. The lowest BCUT2D eigenvalue weighted by Gasteiger charge is -2.37. The first kappa shape index (κ1) is 17.2. The summed E-state index contributed by atoms with van der Waals surface area (Å²) in [7, 11) is 0. The lowest BCUT2D eigenvalue weighted by Crippen LogP contribution is -2.41. The molecule has 2 aromatic rings. The molecule has 128 valence electrons. The van der Waals surface area contributed by atoms with Crippen LogP contribution in [0.25, 0.3) is 0 Å². The Morgan fingerprint density at radius 2 is 1.92 bits per heavy atom. The van der Waals surface area contributed by atoms with E-state index in [4.69, 9.17) is 0 Å². The van der Waals surface area contributed by atoms with Crippen molar-refractivity contribution in [3.63, 3.8) is 0 Å². The Labute approximate surface area is 147 Å². The standard InChI is InChI=1S/C20H25NO2S/c1-13-9-14(2)11-17(10-13)19(18-7-6-15(3)24-18)21-8-4-5-16(12-21)20(22)23/h6-7,9-11,16,19H,4-5,8,12H2,1-3H3,(H,22,23). The maximum Gasteiger partial charge on any atom is 0.307 e. The van der Waals surface area contributed by atoms with Gasteiger partial charge >= 0.3 is 5.97 Å². The van der Waals surface area contributed by atoms with Crippen LogP contribution < -0.4 is 0 Å². The Balaban J connectivity index is 2.00. The van der Waals surface area contributed by atoms with Crippen molar-refractivity contribution in [3.05, 3.63) is 56.8 Å². The molecule has 1 N–H and O–H groups in total. The van der Waals surface area contributed by atoms with Crippen molar-refractivity contribution in [2.45, 2.75) is 39.7 Å². The van der Waals surface area contributed by atoms with Crippen molar-refractivity contribution in [1.29, 1.82) is 0 Å². The second-order valence-corrected chi connectivity index (χ2v) is 8.26. The molecule has 2 atom stereocenters. The fraction of sp³-hybridized carbons (Fsp3) is 0.450. The molecule has 1 saturated heterocycles. The van der Waals surface area contributed by atoms with Crippen LogP contribution in [0.1, 0.15) is 45.3 Å². The normalized spacial score (nSPS) is 20.0. The van der Waals surface area contributed by atoms with Crippen LogP contribution in [-0.4, -0.2) is 29.1 Å². The fourth-order valence-corrected chi connectivity index (χ4v) is 4.81. The third-order valence-electron chi connectivity index (χ3n) is 4.76. The molecule has 1 aromatic carbocycles. The topological polar surface area (TPSA) is 40.5 Å². The van der Waals surface area contributed by atoms with Gasteiger partial charge in [-0.1, -0.05) is 29.3 Å². The van der Waals surface area contributed by atoms with E-state index in [0.717, 1.165) is 19.4 Å². The minimum atomic E-state index is -0.666. The molecule has 3 nitrogen and oxygen atoms in total. The van der Waals surface area contributed by atoms with E-state index in [9.17, 15) is 9.90 Å². The van der Waals surface area contributed by atoms with Gasteiger partial charge in [-0.25, -0.2) is 0 Å². The maximum atomic E-state index is 11.5. The highest BCUT2D eigenvalue weighted by molar-refractivity contribution is 7.12. The van der Waals surface area contributed by atoms with Crippen molar-refractivity contribution >= 4 is 17.3 Å². The van der Waals surface area contributed by atoms with Crippen molar-refractivity contribution in [2.75, 3.05) is 13.1 Å². The fourth-order valence-electron chi connectivity index (χ4n) is 3.77. The highest BCUT2D eigenvalue weighted by atomic mass is 32.1. The zero-order valence-electron chi connectivity index (χ0n) is 14.6. The van der Waals surface area contributed by atoms with Gasteiger partial charge in [-0.3, -0.25) is 9.69 Å². The number of carboxylic acid groups (broad SMARTS) is 1. The molecule has 0 spiro atoms. The van der Waals surface area contributed by atoms with Gasteiger partial charge in [-0.15, -0.1) is 11.3 Å². The van der Waals surface area contributed by atoms with E-state index in [-0.39, 0.29) is 12.0 Å². The number of hydrogen-bond donors (Lipinski definition) is 1. The van der Waals surface area contributed by atoms with Crippen LogP contribution in [0.15, 0.2) is 30.3 Å². The molecule has 2 unspecified atom stereocenters. The highest BCUT2D eigenvalue weighted by Crippen LogP contribution is 2.36. The lowest BCUT2D eigenvalue weighted by atomic mass is 9.93. The summed E-state index contributed by atoms with van der Waals surface area (Å²) in [4.78, 5) is 16.5. The van der Waals surface area contributed by atoms with Gasteiger partial charge in [0.2, 0.25) is 0 Å². The molecule has 0 saturated carbocycles. The van der Waals surface area contributed by atoms with Crippen LogP contribution in [0.5, 0.6) is 0 Å². The summed E-state index contributed by atoms with van der Waals surface area (Å²) in [5, 5.41) is 9.45. The number of benzene rings is 1. The molecule has 4 heteroatoms. The number of aryl methyl sites for hydroxylation is 3. The van der Waals surface area contributed by atoms with Gasteiger partial charge in [-0.05, 0) is 57.9 Å². The largest absolute Gasteiger partial charge is 0.481 e. The van der Waals surface area contributed by atoms with E-state index < -0.39 is 5.97 Å². The molecule has 0 amide bonds. The van der Waals surface area contributed by atoms with Gasteiger partial charge in [0, 0.05) is 16.3 Å². The summed E-state index contributed by atoms with van der Waals surface area (Å²) in [6, 6.07) is 11.2. The summed E-state index contributed by atoms with van der Waals surface area (Å²) in [6.07, 6.45) is 1.73. The van der Waals surface area contributed by atoms with Crippen molar-refractivity contribution in [2.24, 2.45) is 5.92 Å². The summed E-state index contributed by atoms with van der Waals surface area (Å²) in [6.45, 7) is 7.97. The average molecular weight is 343 g/mol. The third-order valence-corrected chi connectivity index (χ3v) is 5.81. The Morgan fingerprint density at radius 3 is 2.50 bits per heavy atom. The summed E-state index contributed by atoms with van der Waals surface area (Å²) in [5.41, 5.74) is 3.80. The Bertz CT molecular complexity index is 717. The van der Waals surface area contributed by atoms with E-state index in [1.807, 2.05) is 11.3 Å². The minimum Gasteiger partial charge on any atom is -0.481 e. The van der Waals surface area contributed by atoms with Crippen molar-refractivity contribution in [3.8, 4) is 0 Å². The van der Waals surface area contributed by atoms with Crippen LogP contribution in [-0.2, 0) is 4.79 Å². The van der Waals surface area contributed by atoms with E-state index >= 15 is 0 Å². The number of hydrogen-bond acceptors (Lipinski definition) is 3. The van der Waals surface area contributed by atoms with Gasteiger partial charge in [0.15, 0.2) is 0 Å². The minimum absolute atomic E-state index is 0.157. The van der Waals surface area contributed by atoms with Crippen LogP contribution >= 0.6 is 11.3 Å². The van der Waals surface area contributed by atoms with Crippen LogP contribution in [0.2, 0.25) is 0 Å². The predicted molar refractivity (Wildman–Crippen MR) is 98.7 cm³/mol. The second kappa shape index (κ2) is 7.08. The smallest absolute Gasteiger partial charge is 0.307 e. The van der Waals surface area contributed by atoms with Gasteiger partial charge in [0.1, 0.15) is 0 Å². The average Bonchev–Trinajstić information content (AvgIpc) is 2.93. The third kappa shape index (κ3) is 3.70. The number of nitrogens with zero attached hydrogens (tertiary/aromatic N) is 1. The molecule has 0 radical (unpaired) electrons. The number of rotatable bonds is 4. The molecule has 1 aliphatic heterocycles. The van der Waals surface area contributed by atoms with Gasteiger partial charge in [-0.2, -0.15) is 0 Å². The molecule has 24 heavy (non-hydrogen) atoms. The van der Waals surface area contributed by atoms with Gasteiger partial charge < -0.3 is 5.11 Å². The monoisotopic (exact) mass is 343 g/mol. The summed E-state index contributed by atoms with van der Waals surface area (Å²) < 4.78 is 0. The number of likely N-dealkylation sites (tertiary alicyclic amines) is 1. The Kier molecular flexibility index (Phi) is 5.07. The quantitative estimate of drug-likeness (QED) is 0.885. The molecule has 0 bridgehead atoms. The summed E-state index contributed by atoms with van der Waals surface area (Å²) in [5.74, 6) is -0.922. The van der Waals surface area contributed by atoms with Gasteiger partial charge in [0.25, 0.3) is 0 Å². The maximum absolute atomic E-state index is 11.5. The Morgan fingerprint density at radius 1 is 1.21 bits per heavy atom. The molecular formula is C20H25NO2S. The molecule has 1 fully saturated rings. The molecular weight excluding hydrogens is 318 g/mol. The first-order valence-corrected chi connectivity index (χ1v) is 9.37. The van der Waals surface area contributed by atoms with Crippen LogP contribution in [0.4, 0.5) is 0 Å². The number of piperidine rings is 1. The van der Waals surface area contributed by atoms with E-state index in [1.165, 1.54) is 26.4 Å². The van der Waals surface area contributed by atoms with Crippen LogP contribution in [0, 0.1) is 26.7 Å². The zero-order valence-corrected chi connectivity index (χ0v) is 15.4. The Hall–Kier alpha value is -1.65. The van der Waals surface area contributed by atoms with E-state index in [2.05, 4.69) is 56.0 Å². The molecule has 3 rings (SSSR count). The van der Waals surface area contributed by atoms with E-state index in [1.54, 1.807) is 0 Å². The molecule has 1 aliphatic rings. The number of aliphatic carboxylic acids is 1. The summed E-state index contributed by atoms with van der Waals surface area (Å²) >= 11 is 1.82. The first-order chi connectivity index (χ1) is 11.4. The zero-order chi connectivity index (χ0) is 17.3.